The lowest BCUT2D eigenvalue weighted by Crippen LogP contribution is -2.52. The van der Waals surface area contributed by atoms with Crippen molar-refractivity contribution < 1.29 is 17.6 Å². The summed E-state index contributed by atoms with van der Waals surface area (Å²) in [5.74, 6) is -0.892. The molecule has 8 heteroatoms. The average Bonchev–Trinajstić information content (AvgIpc) is 2.98. The summed E-state index contributed by atoms with van der Waals surface area (Å²) < 4.78 is 41.2. The third-order valence-electron chi connectivity index (χ3n) is 6.08. The van der Waals surface area contributed by atoms with E-state index in [1.54, 1.807) is 23.1 Å². The lowest BCUT2D eigenvalue weighted by atomic mass is 9.87. The second-order valence-corrected chi connectivity index (χ2v) is 11.0. The zero-order valence-electron chi connectivity index (χ0n) is 18.1. The summed E-state index contributed by atoms with van der Waals surface area (Å²) in [6.45, 7) is 8.96. The molecule has 0 aliphatic carbocycles. The van der Waals surface area contributed by atoms with Crippen LogP contribution in [0.5, 0.6) is 0 Å². The number of fused-ring (bicyclic) bond motifs is 1. The van der Waals surface area contributed by atoms with Gasteiger partial charge < -0.3 is 10.2 Å². The quantitative estimate of drug-likeness (QED) is 0.784. The van der Waals surface area contributed by atoms with Crippen molar-refractivity contribution in [1.82, 2.24) is 10.2 Å². The smallest absolute Gasteiger partial charge is 0.241 e. The lowest BCUT2D eigenvalue weighted by Gasteiger charge is -2.32. The number of sulfone groups is 1. The molecule has 1 fully saturated rings. The van der Waals surface area contributed by atoms with Crippen molar-refractivity contribution in [3.63, 3.8) is 0 Å². The van der Waals surface area contributed by atoms with E-state index in [4.69, 9.17) is 0 Å². The summed E-state index contributed by atoms with van der Waals surface area (Å²) in [5, 5.41) is 3.35. The highest BCUT2D eigenvalue weighted by Gasteiger charge is 2.40. The highest BCUT2D eigenvalue weighted by molar-refractivity contribution is 7.91. The van der Waals surface area contributed by atoms with Crippen LogP contribution in [-0.4, -0.2) is 58.0 Å². The molecule has 0 bridgehead atoms. The van der Waals surface area contributed by atoms with Crippen molar-refractivity contribution in [1.29, 1.82) is 0 Å². The van der Waals surface area contributed by atoms with Crippen molar-refractivity contribution in [3.8, 4) is 0 Å². The molecule has 6 nitrogen and oxygen atoms in total. The molecule has 1 saturated heterocycles. The maximum absolute atomic E-state index is 15.0. The molecule has 0 aromatic heterocycles. The molecular formula is C23H28FN3O3S. The first kappa shape index (κ1) is 21.9. The molecule has 2 aliphatic heterocycles. The van der Waals surface area contributed by atoms with Crippen LogP contribution in [0.1, 0.15) is 26.3 Å². The normalized spacial score (nSPS) is 21.2. The highest BCUT2D eigenvalue weighted by atomic mass is 32.2. The van der Waals surface area contributed by atoms with Gasteiger partial charge in [0.2, 0.25) is 15.7 Å². The Morgan fingerprint density at radius 2 is 1.94 bits per heavy atom. The van der Waals surface area contributed by atoms with E-state index in [0.29, 0.717) is 23.8 Å². The van der Waals surface area contributed by atoms with Crippen molar-refractivity contribution in [3.05, 3.63) is 53.8 Å². The van der Waals surface area contributed by atoms with Crippen LogP contribution >= 0.6 is 0 Å². The van der Waals surface area contributed by atoms with Gasteiger partial charge in [-0.25, -0.2) is 12.8 Å². The van der Waals surface area contributed by atoms with Gasteiger partial charge in [-0.2, -0.15) is 0 Å². The molecular weight excluding hydrogens is 417 g/mol. The molecule has 1 atom stereocenters. The Bertz CT molecular complexity index is 1100. The number of hydrogen-bond donors (Lipinski definition) is 1. The molecule has 0 saturated carbocycles. The topological polar surface area (TPSA) is 69.7 Å². The number of nitrogens with one attached hydrogen (secondary N) is 1. The molecule has 2 aliphatic rings. The van der Waals surface area contributed by atoms with Crippen molar-refractivity contribution in [2.24, 2.45) is 0 Å². The minimum Gasteiger partial charge on any atom is -0.312 e. The molecule has 2 aromatic rings. The standard InChI is InChI=1S/C23H28FN3O3S/c1-16-13-26(10-9-25-16)14-22(28)27-15-23(2,3)18-11-19(24)21(12-20(18)27)31(29,30)17-7-5-4-6-8-17/h4-8,11-12,16,25H,9-10,13-15H2,1-3H3/t16-/m1/s1. The number of rotatable bonds is 4. The summed E-state index contributed by atoms with van der Waals surface area (Å²) in [7, 11) is -4.04. The summed E-state index contributed by atoms with van der Waals surface area (Å²) >= 11 is 0. The van der Waals surface area contributed by atoms with Crippen LogP contribution in [0.3, 0.4) is 0 Å². The van der Waals surface area contributed by atoms with Gasteiger partial charge in [0.05, 0.1) is 11.4 Å². The van der Waals surface area contributed by atoms with Gasteiger partial charge in [0.15, 0.2) is 0 Å². The molecule has 0 radical (unpaired) electrons. The third-order valence-corrected chi connectivity index (χ3v) is 7.86. The zero-order valence-corrected chi connectivity index (χ0v) is 18.9. The Morgan fingerprint density at radius 3 is 2.61 bits per heavy atom. The second-order valence-electron chi connectivity index (χ2n) is 9.07. The molecule has 2 heterocycles. The fraction of sp³-hybridized carbons (Fsp3) is 0.435. The largest absolute Gasteiger partial charge is 0.312 e. The first-order chi connectivity index (χ1) is 14.6. The van der Waals surface area contributed by atoms with Crippen molar-refractivity contribution >= 4 is 21.4 Å². The number of carbonyl (C=O) groups excluding carboxylic acids is 1. The minimum atomic E-state index is -4.04. The van der Waals surface area contributed by atoms with E-state index in [1.165, 1.54) is 24.3 Å². The third kappa shape index (κ3) is 4.12. The predicted octanol–water partition coefficient (Wildman–Crippen LogP) is 2.58. The SMILES string of the molecule is C[C@@H]1CN(CC(=O)N2CC(C)(C)c3cc(F)c(S(=O)(=O)c4ccccc4)cc32)CCN1. The van der Waals surface area contributed by atoms with Gasteiger partial charge in [0.1, 0.15) is 10.7 Å². The molecule has 166 valence electrons. The van der Waals surface area contributed by atoms with Crippen LogP contribution in [0.4, 0.5) is 10.1 Å². The van der Waals surface area contributed by atoms with E-state index in [1.807, 2.05) is 13.8 Å². The van der Waals surface area contributed by atoms with E-state index in [9.17, 15) is 13.2 Å². The van der Waals surface area contributed by atoms with Gasteiger partial charge in [-0.3, -0.25) is 9.69 Å². The molecule has 0 spiro atoms. The number of amides is 1. The van der Waals surface area contributed by atoms with E-state index >= 15 is 4.39 Å². The van der Waals surface area contributed by atoms with E-state index < -0.39 is 26.0 Å². The number of benzene rings is 2. The van der Waals surface area contributed by atoms with Crippen LogP contribution in [0.2, 0.25) is 0 Å². The van der Waals surface area contributed by atoms with Gasteiger partial charge in [-0.05, 0) is 36.8 Å². The maximum Gasteiger partial charge on any atom is 0.241 e. The van der Waals surface area contributed by atoms with Gasteiger partial charge in [-0.15, -0.1) is 0 Å². The van der Waals surface area contributed by atoms with E-state index in [-0.39, 0.29) is 17.3 Å². The van der Waals surface area contributed by atoms with Crippen LogP contribution in [-0.2, 0) is 20.0 Å². The van der Waals surface area contributed by atoms with E-state index in [2.05, 4.69) is 17.1 Å². The molecule has 4 rings (SSSR count). The number of anilines is 1. The summed E-state index contributed by atoms with van der Waals surface area (Å²) in [6.07, 6.45) is 0. The Labute approximate surface area is 183 Å². The van der Waals surface area contributed by atoms with Crippen LogP contribution in [0.15, 0.2) is 52.3 Å². The van der Waals surface area contributed by atoms with Crippen LogP contribution in [0.25, 0.3) is 0 Å². The summed E-state index contributed by atoms with van der Waals surface area (Å²) in [6, 6.07) is 10.7. The number of piperazine rings is 1. The molecule has 1 N–H and O–H groups in total. The Balaban J connectivity index is 1.71. The Hall–Kier alpha value is -2.29. The second kappa shape index (κ2) is 8.00. The molecule has 2 aromatic carbocycles. The fourth-order valence-electron chi connectivity index (χ4n) is 4.46. The summed E-state index contributed by atoms with van der Waals surface area (Å²) in [5.41, 5.74) is 0.658. The van der Waals surface area contributed by atoms with Crippen molar-refractivity contribution in [2.45, 2.75) is 42.0 Å². The number of nitrogens with zero attached hydrogens (tertiary/aromatic N) is 2. The summed E-state index contributed by atoms with van der Waals surface area (Å²) in [4.78, 5) is 16.5. The Kier molecular flexibility index (Phi) is 5.66. The zero-order chi connectivity index (χ0) is 22.4. The molecule has 31 heavy (non-hydrogen) atoms. The molecule has 0 unspecified atom stereocenters. The Morgan fingerprint density at radius 1 is 1.23 bits per heavy atom. The van der Waals surface area contributed by atoms with Crippen LogP contribution < -0.4 is 10.2 Å². The first-order valence-corrected chi connectivity index (χ1v) is 12.0. The number of carbonyl (C=O) groups is 1. The first-order valence-electron chi connectivity index (χ1n) is 10.5. The predicted molar refractivity (Wildman–Crippen MR) is 118 cm³/mol. The minimum absolute atomic E-state index is 0.0267. The van der Waals surface area contributed by atoms with Gasteiger partial charge in [-0.1, -0.05) is 32.0 Å². The average molecular weight is 446 g/mol. The number of hydrogen-bond acceptors (Lipinski definition) is 5. The van der Waals surface area contributed by atoms with Gasteiger partial charge in [0.25, 0.3) is 0 Å². The maximum atomic E-state index is 15.0. The number of halogens is 1. The van der Waals surface area contributed by atoms with Crippen LogP contribution in [0, 0.1) is 5.82 Å². The van der Waals surface area contributed by atoms with Gasteiger partial charge >= 0.3 is 0 Å². The molecule has 1 amide bonds. The highest BCUT2D eigenvalue weighted by Crippen LogP contribution is 2.43. The van der Waals surface area contributed by atoms with E-state index in [0.717, 1.165) is 19.6 Å². The fourth-order valence-corrected chi connectivity index (χ4v) is 5.81. The van der Waals surface area contributed by atoms with Gasteiger partial charge in [0, 0.05) is 43.3 Å². The van der Waals surface area contributed by atoms with Crippen molar-refractivity contribution in [2.75, 3.05) is 37.6 Å². The lowest BCUT2D eigenvalue weighted by molar-refractivity contribution is -0.120. The monoisotopic (exact) mass is 445 g/mol.